The number of anilines is 1. The van der Waals surface area contributed by atoms with E-state index < -0.39 is 0 Å². The Kier molecular flexibility index (Phi) is 5.33. The number of hydrogen-bond acceptors (Lipinski definition) is 6. The summed E-state index contributed by atoms with van der Waals surface area (Å²) in [6, 6.07) is 7.65. The zero-order valence-electron chi connectivity index (χ0n) is 17.0. The lowest BCUT2D eigenvalue weighted by Crippen LogP contribution is -2.49. The van der Waals surface area contributed by atoms with E-state index in [1.54, 1.807) is 6.07 Å². The molecular weight excluding hydrogens is 364 g/mol. The van der Waals surface area contributed by atoms with E-state index in [4.69, 9.17) is 0 Å². The second kappa shape index (κ2) is 8.24. The SMILES string of the molecule is O=c1cccc2n1CC1CC2CN(CCCN2CCN(c3ncccn3)CC2)C1. The summed E-state index contributed by atoms with van der Waals surface area (Å²) in [4.78, 5) is 28.4. The van der Waals surface area contributed by atoms with Crippen LogP contribution in [-0.4, -0.2) is 76.7 Å². The Balaban J connectivity index is 1.09. The lowest BCUT2D eigenvalue weighted by Gasteiger charge is -2.43. The van der Waals surface area contributed by atoms with Gasteiger partial charge in [-0.1, -0.05) is 6.07 Å². The fraction of sp³-hybridized carbons (Fsp3) is 0.591. The van der Waals surface area contributed by atoms with Crippen LogP contribution in [0, 0.1) is 5.92 Å². The predicted octanol–water partition coefficient (Wildman–Crippen LogP) is 1.27. The number of likely N-dealkylation sites (tertiary alicyclic amines) is 1. The summed E-state index contributed by atoms with van der Waals surface area (Å²) in [5, 5.41) is 0. The molecule has 2 unspecified atom stereocenters. The summed E-state index contributed by atoms with van der Waals surface area (Å²) in [6.07, 6.45) is 6.08. The van der Waals surface area contributed by atoms with Crippen molar-refractivity contribution < 1.29 is 0 Å². The van der Waals surface area contributed by atoms with Gasteiger partial charge in [0.15, 0.2) is 0 Å². The van der Waals surface area contributed by atoms with E-state index in [0.29, 0.717) is 11.8 Å². The molecule has 2 bridgehead atoms. The number of hydrogen-bond donors (Lipinski definition) is 0. The fourth-order valence-electron chi connectivity index (χ4n) is 5.32. The van der Waals surface area contributed by atoms with Gasteiger partial charge in [0.2, 0.25) is 5.95 Å². The summed E-state index contributed by atoms with van der Waals surface area (Å²) >= 11 is 0. The summed E-state index contributed by atoms with van der Waals surface area (Å²) in [5.74, 6) is 1.99. The van der Waals surface area contributed by atoms with Crippen molar-refractivity contribution >= 4 is 5.95 Å². The molecule has 0 saturated carbocycles. The summed E-state index contributed by atoms with van der Waals surface area (Å²) in [6.45, 7) is 9.62. The van der Waals surface area contributed by atoms with Crippen molar-refractivity contribution in [1.29, 1.82) is 0 Å². The van der Waals surface area contributed by atoms with Gasteiger partial charge in [0.05, 0.1) is 0 Å². The van der Waals surface area contributed by atoms with Crippen LogP contribution < -0.4 is 10.5 Å². The highest BCUT2D eigenvalue weighted by Crippen LogP contribution is 2.34. The van der Waals surface area contributed by atoms with Gasteiger partial charge in [-0.3, -0.25) is 9.69 Å². The molecule has 0 amide bonds. The van der Waals surface area contributed by atoms with Gasteiger partial charge in [-0.25, -0.2) is 9.97 Å². The van der Waals surface area contributed by atoms with Gasteiger partial charge < -0.3 is 14.4 Å². The fourth-order valence-corrected chi connectivity index (χ4v) is 5.32. The molecule has 29 heavy (non-hydrogen) atoms. The molecule has 7 heteroatoms. The van der Waals surface area contributed by atoms with E-state index in [2.05, 4.69) is 30.7 Å². The van der Waals surface area contributed by atoms with Crippen molar-refractivity contribution in [2.75, 3.05) is 57.3 Å². The average Bonchev–Trinajstić information content (AvgIpc) is 2.76. The molecule has 2 atom stereocenters. The first-order valence-electron chi connectivity index (χ1n) is 10.9. The Hall–Kier alpha value is -2.25. The van der Waals surface area contributed by atoms with Crippen molar-refractivity contribution in [1.82, 2.24) is 24.3 Å². The van der Waals surface area contributed by atoms with Gasteiger partial charge in [0, 0.05) is 75.9 Å². The van der Waals surface area contributed by atoms with Crippen molar-refractivity contribution in [2.24, 2.45) is 5.92 Å². The number of aromatic nitrogens is 3. The molecular formula is C22H30N6O. The first kappa shape index (κ1) is 18.8. The molecule has 0 spiro atoms. The molecule has 2 aromatic heterocycles. The van der Waals surface area contributed by atoms with Crippen LogP contribution in [0.25, 0.3) is 0 Å². The molecule has 3 aliphatic heterocycles. The van der Waals surface area contributed by atoms with E-state index in [1.165, 1.54) is 18.5 Å². The van der Waals surface area contributed by atoms with Crippen LogP contribution in [0.1, 0.15) is 24.5 Å². The maximum atomic E-state index is 12.2. The molecule has 0 aromatic carbocycles. The first-order chi connectivity index (χ1) is 14.3. The van der Waals surface area contributed by atoms with E-state index in [1.807, 2.05) is 29.1 Å². The molecule has 7 nitrogen and oxygen atoms in total. The standard InChI is InChI=1S/C22H30N6O/c29-21-5-1-4-20-19-14-18(16-28(20)21)15-26(17-19)9-3-8-25-10-12-27(13-11-25)22-23-6-2-7-24-22/h1-2,4-7,18-19H,3,8-17H2. The summed E-state index contributed by atoms with van der Waals surface area (Å²) in [5.41, 5.74) is 1.42. The number of nitrogens with zero attached hydrogens (tertiary/aromatic N) is 6. The number of piperidine rings is 1. The topological polar surface area (TPSA) is 57.5 Å². The predicted molar refractivity (Wildman–Crippen MR) is 113 cm³/mol. The Labute approximate surface area is 172 Å². The van der Waals surface area contributed by atoms with Gasteiger partial charge in [0.25, 0.3) is 5.56 Å². The molecule has 3 aliphatic rings. The molecule has 5 heterocycles. The third-order valence-corrected chi connectivity index (χ3v) is 6.71. The van der Waals surface area contributed by atoms with Crippen LogP contribution in [0.15, 0.2) is 41.5 Å². The van der Waals surface area contributed by atoms with E-state index in [9.17, 15) is 4.79 Å². The van der Waals surface area contributed by atoms with Crippen molar-refractivity contribution in [3.63, 3.8) is 0 Å². The van der Waals surface area contributed by atoms with Crippen LogP contribution in [0.5, 0.6) is 0 Å². The molecule has 2 saturated heterocycles. The third-order valence-electron chi connectivity index (χ3n) is 6.71. The van der Waals surface area contributed by atoms with Crippen molar-refractivity contribution in [3.8, 4) is 0 Å². The van der Waals surface area contributed by atoms with E-state index >= 15 is 0 Å². The molecule has 2 fully saturated rings. The second-order valence-corrected chi connectivity index (χ2v) is 8.69. The average molecular weight is 395 g/mol. The summed E-state index contributed by atoms with van der Waals surface area (Å²) < 4.78 is 2.02. The maximum Gasteiger partial charge on any atom is 0.250 e. The van der Waals surface area contributed by atoms with Gasteiger partial charge in [0.1, 0.15) is 0 Å². The van der Waals surface area contributed by atoms with Crippen LogP contribution in [0.3, 0.4) is 0 Å². The molecule has 0 aliphatic carbocycles. The zero-order chi connectivity index (χ0) is 19.6. The third kappa shape index (κ3) is 4.07. The van der Waals surface area contributed by atoms with Crippen LogP contribution >= 0.6 is 0 Å². The molecule has 5 rings (SSSR count). The minimum Gasteiger partial charge on any atom is -0.338 e. The number of piperazine rings is 1. The Morgan fingerprint density at radius 1 is 0.897 bits per heavy atom. The lowest BCUT2D eigenvalue weighted by atomic mass is 9.83. The molecule has 2 aromatic rings. The normalized spacial score (nSPS) is 25.0. The lowest BCUT2D eigenvalue weighted by molar-refractivity contribution is 0.114. The Morgan fingerprint density at radius 3 is 2.52 bits per heavy atom. The van der Waals surface area contributed by atoms with E-state index in [0.717, 1.165) is 64.9 Å². The van der Waals surface area contributed by atoms with Crippen LogP contribution in [0.4, 0.5) is 5.95 Å². The number of fused-ring (bicyclic) bond motifs is 4. The second-order valence-electron chi connectivity index (χ2n) is 8.69. The smallest absolute Gasteiger partial charge is 0.250 e. The molecule has 0 N–H and O–H groups in total. The quantitative estimate of drug-likeness (QED) is 0.761. The molecule has 154 valence electrons. The van der Waals surface area contributed by atoms with Gasteiger partial charge in [-0.05, 0) is 44.0 Å². The highest BCUT2D eigenvalue weighted by Gasteiger charge is 2.34. The largest absolute Gasteiger partial charge is 0.338 e. The monoisotopic (exact) mass is 394 g/mol. The Morgan fingerprint density at radius 2 is 1.69 bits per heavy atom. The van der Waals surface area contributed by atoms with Crippen LogP contribution in [-0.2, 0) is 6.54 Å². The number of pyridine rings is 1. The summed E-state index contributed by atoms with van der Waals surface area (Å²) in [7, 11) is 0. The van der Waals surface area contributed by atoms with Gasteiger partial charge in [-0.2, -0.15) is 0 Å². The highest BCUT2D eigenvalue weighted by molar-refractivity contribution is 5.29. The van der Waals surface area contributed by atoms with Crippen molar-refractivity contribution in [3.05, 3.63) is 52.7 Å². The van der Waals surface area contributed by atoms with Gasteiger partial charge >= 0.3 is 0 Å². The maximum absolute atomic E-state index is 12.2. The zero-order valence-corrected chi connectivity index (χ0v) is 17.0. The highest BCUT2D eigenvalue weighted by atomic mass is 16.1. The number of rotatable bonds is 5. The van der Waals surface area contributed by atoms with Gasteiger partial charge in [-0.15, -0.1) is 0 Å². The van der Waals surface area contributed by atoms with E-state index in [-0.39, 0.29) is 5.56 Å². The van der Waals surface area contributed by atoms with Crippen molar-refractivity contribution in [2.45, 2.75) is 25.3 Å². The minimum absolute atomic E-state index is 0.172. The molecule has 0 radical (unpaired) electrons. The van der Waals surface area contributed by atoms with Crippen LogP contribution in [0.2, 0.25) is 0 Å². The first-order valence-corrected chi connectivity index (χ1v) is 10.9. The Bertz CT molecular complexity index is 876. The minimum atomic E-state index is 0.172.